The Morgan fingerprint density at radius 2 is 1.71 bits per heavy atom. The quantitative estimate of drug-likeness (QED) is 0.870. The maximum atomic E-state index is 12.2. The number of nitrogens with zero attached hydrogens (tertiary/aromatic N) is 1. The lowest BCUT2D eigenvalue weighted by molar-refractivity contribution is -0.127. The molecule has 0 unspecified atom stereocenters. The Hall–Kier alpha value is -1.26. The Morgan fingerprint density at radius 3 is 2.19 bits per heavy atom. The van der Waals surface area contributed by atoms with E-state index in [9.17, 15) is 9.59 Å². The average molecular weight is 296 g/mol. The minimum absolute atomic E-state index is 0.0323. The van der Waals surface area contributed by atoms with Crippen LogP contribution < -0.4 is 5.32 Å². The molecule has 5 heteroatoms. The van der Waals surface area contributed by atoms with E-state index < -0.39 is 5.60 Å². The minimum atomic E-state index is -0.467. The highest BCUT2D eigenvalue weighted by molar-refractivity contribution is 5.79. The van der Waals surface area contributed by atoms with Gasteiger partial charge in [0.15, 0.2) is 0 Å². The molecule has 0 spiro atoms. The van der Waals surface area contributed by atoms with Crippen molar-refractivity contribution in [3.63, 3.8) is 0 Å². The van der Waals surface area contributed by atoms with Gasteiger partial charge in [0.25, 0.3) is 0 Å². The minimum Gasteiger partial charge on any atom is -0.444 e. The summed E-state index contributed by atoms with van der Waals surface area (Å²) in [5.74, 6) is 0.860. The molecule has 0 aromatic rings. The maximum absolute atomic E-state index is 12.2. The summed E-state index contributed by atoms with van der Waals surface area (Å²) in [5.41, 5.74) is -0.467. The molecule has 0 bridgehead atoms. The van der Waals surface area contributed by atoms with Crippen LogP contribution in [0.5, 0.6) is 0 Å². The van der Waals surface area contributed by atoms with E-state index in [-0.39, 0.29) is 17.9 Å². The Kier molecular flexibility index (Phi) is 4.79. The second-order valence-corrected chi connectivity index (χ2v) is 7.38. The molecule has 21 heavy (non-hydrogen) atoms. The third-order valence-corrected chi connectivity index (χ3v) is 4.22. The number of amides is 2. The van der Waals surface area contributed by atoms with Gasteiger partial charge in [0.1, 0.15) is 5.60 Å². The lowest BCUT2D eigenvalue weighted by atomic mass is 9.95. The van der Waals surface area contributed by atoms with Crippen LogP contribution in [-0.2, 0) is 9.53 Å². The van der Waals surface area contributed by atoms with Gasteiger partial charge in [-0.3, -0.25) is 4.79 Å². The van der Waals surface area contributed by atoms with E-state index in [0.717, 1.165) is 12.8 Å². The van der Waals surface area contributed by atoms with Gasteiger partial charge in [-0.05, 0) is 59.3 Å². The second-order valence-electron chi connectivity index (χ2n) is 7.38. The number of carbonyl (C=O) groups is 2. The number of carbonyl (C=O) groups excluding carboxylic acids is 2. The van der Waals surface area contributed by atoms with Gasteiger partial charge in [-0.1, -0.05) is 0 Å². The maximum Gasteiger partial charge on any atom is 0.410 e. The van der Waals surface area contributed by atoms with Gasteiger partial charge >= 0.3 is 6.09 Å². The van der Waals surface area contributed by atoms with Crippen LogP contribution in [0.3, 0.4) is 0 Å². The number of ether oxygens (including phenoxy) is 1. The number of rotatable bonds is 3. The summed E-state index contributed by atoms with van der Waals surface area (Å²) in [5, 5.41) is 3.12. The van der Waals surface area contributed by atoms with Crippen LogP contribution in [0.2, 0.25) is 0 Å². The van der Waals surface area contributed by atoms with Gasteiger partial charge in [0.2, 0.25) is 5.91 Å². The van der Waals surface area contributed by atoms with Crippen molar-refractivity contribution in [1.29, 1.82) is 0 Å². The topological polar surface area (TPSA) is 58.6 Å². The molecule has 0 aromatic heterocycles. The summed E-state index contributed by atoms with van der Waals surface area (Å²) in [7, 11) is 0. The number of piperidine rings is 1. The molecule has 1 aliphatic heterocycles. The molecule has 5 nitrogen and oxygen atoms in total. The smallest absolute Gasteiger partial charge is 0.410 e. The largest absolute Gasteiger partial charge is 0.444 e. The van der Waals surface area contributed by atoms with Gasteiger partial charge in [0, 0.05) is 25.0 Å². The molecule has 2 amide bonds. The lowest BCUT2D eigenvalue weighted by Crippen LogP contribution is -2.46. The van der Waals surface area contributed by atoms with Crippen molar-refractivity contribution in [2.75, 3.05) is 13.1 Å². The first-order valence-electron chi connectivity index (χ1n) is 8.04. The first-order valence-corrected chi connectivity index (χ1v) is 8.04. The fourth-order valence-corrected chi connectivity index (χ4v) is 2.71. The van der Waals surface area contributed by atoms with E-state index in [2.05, 4.69) is 12.2 Å². The van der Waals surface area contributed by atoms with E-state index in [1.807, 2.05) is 20.8 Å². The fourth-order valence-electron chi connectivity index (χ4n) is 2.71. The first-order chi connectivity index (χ1) is 9.76. The third kappa shape index (κ3) is 4.90. The first kappa shape index (κ1) is 16.1. The van der Waals surface area contributed by atoms with Crippen molar-refractivity contribution < 1.29 is 14.3 Å². The zero-order valence-electron chi connectivity index (χ0n) is 13.6. The fraction of sp³-hybridized carbons (Fsp3) is 0.875. The normalized spacial score (nSPS) is 21.8. The van der Waals surface area contributed by atoms with Crippen LogP contribution in [0, 0.1) is 11.8 Å². The van der Waals surface area contributed by atoms with Crippen molar-refractivity contribution in [3.8, 4) is 0 Å². The summed E-state index contributed by atoms with van der Waals surface area (Å²) in [6.07, 6.45) is 3.65. The lowest BCUT2D eigenvalue weighted by Gasteiger charge is -2.33. The third-order valence-electron chi connectivity index (χ3n) is 4.22. The van der Waals surface area contributed by atoms with Crippen LogP contribution in [-0.4, -0.2) is 41.6 Å². The van der Waals surface area contributed by atoms with Gasteiger partial charge in [-0.15, -0.1) is 0 Å². The van der Waals surface area contributed by atoms with Crippen molar-refractivity contribution in [2.45, 2.75) is 65.0 Å². The highest BCUT2D eigenvalue weighted by atomic mass is 16.6. The molecule has 1 saturated carbocycles. The number of hydrogen-bond donors (Lipinski definition) is 1. The van der Waals surface area contributed by atoms with Gasteiger partial charge < -0.3 is 15.0 Å². The molecule has 2 aliphatic rings. The molecule has 1 N–H and O–H groups in total. The van der Waals surface area contributed by atoms with Crippen molar-refractivity contribution in [3.05, 3.63) is 0 Å². The molecular formula is C16H28N2O3. The standard InChI is InChI=1S/C16H28N2O3/c1-11(12-5-6-12)17-14(19)13-7-9-18(10-8-13)15(20)21-16(2,3)4/h11-13H,5-10H2,1-4H3,(H,17,19)/t11-/m1/s1. The summed E-state index contributed by atoms with van der Waals surface area (Å²) >= 11 is 0. The molecule has 2 fully saturated rings. The van der Waals surface area contributed by atoms with Crippen molar-refractivity contribution in [2.24, 2.45) is 11.8 Å². The second kappa shape index (κ2) is 6.24. The molecular weight excluding hydrogens is 268 g/mol. The molecule has 1 atom stereocenters. The van der Waals surface area contributed by atoms with Crippen molar-refractivity contribution in [1.82, 2.24) is 10.2 Å². The van der Waals surface area contributed by atoms with E-state index in [1.165, 1.54) is 12.8 Å². The predicted molar refractivity (Wildman–Crippen MR) is 80.9 cm³/mol. The summed E-state index contributed by atoms with van der Waals surface area (Å²) in [4.78, 5) is 25.9. The monoisotopic (exact) mass is 296 g/mol. The van der Waals surface area contributed by atoms with E-state index in [4.69, 9.17) is 4.74 Å². The Labute approximate surface area is 127 Å². The van der Waals surface area contributed by atoms with Crippen LogP contribution in [0.1, 0.15) is 53.4 Å². The molecule has 120 valence electrons. The van der Waals surface area contributed by atoms with Crippen LogP contribution in [0.4, 0.5) is 4.79 Å². The van der Waals surface area contributed by atoms with Crippen LogP contribution in [0.15, 0.2) is 0 Å². The number of likely N-dealkylation sites (tertiary alicyclic amines) is 1. The molecule has 1 aliphatic carbocycles. The van der Waals surface area contributed by atoms with Crippen molar-refractivity contribution >= 4 is 12.0 Å². The molecule has 0 aromatic carbocycles. The summed E-state index contributed by atoms with van der Waals surface area (Å²) in [6, 6.07) is 0.293. The SMILES string of the molecule is C[C@@H](NC(=O)C1CCN(C(=O)OC(C)(C)C)CC1)C1CC1. The molecule has 2 rings (SSSR count). The highest BCUT2D eigenvalue weighted by Crippen LogP contribution is 2.32. The van der Waals surface area contributed by atoms with Crippen LogP contribution >= 0.6 is 0 Å². The molecule has 0 radical (unpaired) electrons. The Balaban J connectivity index is 1.74. The average Bonchev–Trinajstić information content (AvgIpc) is 3.21. The molecule has 1 heterocycles. The van der Waals surface area contributed by atoms with Gasteiger partial charge in [0.05, 0.1) is 0 Å². The zero-order valence-corrected chi connectivity index (χ0v) is 13.6. The van der Waals surface area contributed by atoms with E-state index >= 15 is 0 Å². The Morgan fingerprint density at radius 1 is 1.14 bits per heavy atom. The highest BCUT2D eigenvalue weighted by Gasteiger charge is 2.33. The van der Waals surface area contributed by atoms with E-state index in [1.54, 1.807) is 4.90 Å². The number of hydrogen-bond acceptors (Lipinski definition) is 3. The Bertz CT molecular complexity index is 391. The zero-order chi connectivity index (χ0) is 15.6. The van der Waals surface area contributed by atoms with Gasteiger partial charge in [-0.25, -0.2) is 4.79 Å². The van der Waals surface area contributed by atoms with E-state index in [0.29, 0.717) is 25.0 Å². The number of nitrogens with one attached hydrogen (secondary N) is 1. The summed E-state index contributed by atoms with van der Waals surface area (Å²) < 4.78 is 5.36. The predicted octanol–water partition coefficient (Wildman–Crippen LogP) is 2.55. The van der Waals surface area contributed by atoms with Gasteiger partial charge in [-0.2, -0.15) is 0 Å². The van der Waals surface area contributed by atoms with Crippen LogP contribution in [0.25, 0.3) is 0 Å². The molecule has 1 saturated heterocycles. The summed E-state index contributed by atoms with van der Waals surface area (Å²) in [6.45, 7) is 8.89.